The van der Waals surface area contributed by atoms with Gasteiger partial charge in [0.15, 0.2) is 17.2 Å². The van der Waals surface area contributed by atoms with E-state index in [-0.39, 0.29) is 21.6 Å². The second-order valence-corrected chi connectivity index (χ2v) is 8.33. The fourth-order valence-electron chi connectivity index (χ4n) is 2.96. The van der Waals surface area contributed by atoms with Gasteiger partial charge >= 0.3 is 5.97 Å². The van der Waals surface area contributed by atoms with Gasteiger partial charge in [0.2, 0.25) is 11.1 Å². The van der Waals surface area contributed by atoms with Gasteiger partial charge in [0.05, 0.1) is 28.4 Å². The van der Waals surface area contributed by atoms with Gasteiger partial charge in [0, 0.05) is 5.69 Å². The summed E-state index contributed by atoms with van der Waals surface area (Å²) in [6.45, 7) is 1.85. The Balaban J connectivity index is 1.57. The molecule has 0 spiro atoms. The molecule has 0 aliphatic heterocycles. The topological polar surface area (TPSA) is 131 Å². The molecule has 0 radical (unpaired) electrons. The standard InChI is InChI=1S/C22H17ClN4O5S/c1-2-17(20(28)24-12-7-8-14(23)13(11-12)21(29)30)33-22-25-18(15-5-3-9-31-15)19(26-27-22)16-6-4-10-32-16/h3-11,17H,2H2,1H3,(H,24,28)(H,29,30). The minimum absolute atomic E-state index is 0.0866. The molecule has 0 saturated heterocycles. The quantitative estimate of drug-likeness (QED) is 0.321. The van der Waals surface area contributed by atoms with Crippen LogP contribution in [-0.2, 0) is 4.79 Å². The largest absolute Gasteiger partial charge is 0.478 e. The Kier molecular flexibility index (Phi) is 6.76. The number of hydrogen-bond acceptors (Lipinski definition) is 8. The number of nitrogens with zero attached hydrogens (tertiary/aromatic N) is 3. The zero-order valence-corrected chi connectivity index (χ0v) is 18.8. The van der Waals surface area contributed by atoms with Crippen LogP contribution in [0.1, 0.15) is 23.7 Å². The Hall–Kier alpha value is -3.63. The highest BCUT2D eigenvalue weighted by Gasteiger charge is 2.23. The van der Waals surface area contributed by atoms with E-state index in [9.17, 15) is 14.7 Å². The molecule has 1 aromatic carbocycles. The van der Waals surface area contributed by atoms with Crippen LogP contribution in [0, 0.1) is 0 Å². The number of aromatic nitrogens is 3. The molecule has 9 nitrogen and oxygen atoms in total. The van der Waals surface area contributed by atoms with Gasteiger partial charge in [0.1, 0.15) is 5.69 Å². The van der Waals surface area contributed by atoms with Gasteiger partial charge in [-0.1, -0.05) is 30.3 Å². The summed E-state index contributed by atoms with van der Waals surface area (Å²) in [6.07, 6.45) is 3.51. The summed E-state index contributed by atoms with van der Waals surface area (Å²) in [6, 6.07) is 11.2. The van der Waals surface area contributed by atoms with Crippen molar-refractivity contribution in [2.45, 2.75) is 23.8 Å². The number of benzene rings is 1. The fraction of sp³-hybridized carbons (Fsp3) is 0.136. The highest BCUT2D eigenvalue weighted by molar-refractivity contribution is 8.00. The summed E-state index contributed by atoms with van der Waals surface area (Å²) in [7, 11) is 0. The molecule has 1 unspecified atom stereocenters. The van der Waals surface area contributed by atoms with Crippen molar-refractivity contribution >= 4 is 40.9 Å². The predicted octanol–water partition coefficient (Wildman–Crippen LogP) is 5.25. The van der Waals surface area contributed by atoms with Crippen LogP contribution in [0.3, 0.4) is 0 Å². The molecule has 0 fully saturated rings. The van der Waals surface area contributed by atoms with E-state index in [0.717, 1.165) is 11.8 Å². The number of anilines is 1. The van der Waals surface area contributed by atoms with E-state index in [2.05, 4.69) is 20.5 Å². The van der Waals surface area contributed by atoms with Crippen molar-refractivity contribution < 1.29 is 23.5 Å². The summed E-state index contributed by atoms with van der Waals surface area (Å²) in [5.74, 6) is -0.545. The number of halogens is 1. The van der Waals surface area contributed by atoms with Crippen LogP contribution in [0.25, 0.3) is 22.9 Å². The number of thioether (sulfide) groups is 1. The van der Waals surface area contributed by atoms with Crippen LogP contribution in [-0.4, -0.2) is 37.4 Å². The maximum atomic E-state index is 12.9. The average Bonchev–Trinajstić information content (AvgIpc) is 3.53. The number of carboxylic acid groups (broad SMARTS) is 1. The Morgan fingerprint density at radius 2 is 1.79 bits per heavy atom. The minimum Gasteiger partial charge on any atom is -0.478 e. The monoisotopic (exact) mass is 484 g/mol. The van der Waals surface area contributed by atoms with Crippen LogP contribution in [0.2, 0.25) is 5.02 Å². The maximum absolute atomic E-state index is 12.9. The van der Waals surface area contributed by atoms with E-state index < -0.39 is 11.2 Å². The second-order valence-electron chi connectivity index (χ2n) is 6.75. The summed E-state index contributed by atoms with van der Waals surface area (Å²) in [4.78, 5) is 28.7. The average molecular weight is 485 g/mol. The van der Waals surface area contributed by atoms with Crippen LogP contribution in [0.5, 0.6) is 0 Å². The van der Waals surface area contributed by atoms with Gasteiger partial charge in [-0.3, -0.25) is 4.79 Å². The number of aromatic carboxylic acids is 1. The Labute approximate surface area is 197 Å². The zero-order chi connectivity index (χ0) is 23.4. The molecule has 3 aromatic heterocycles. The highest BCUT2D eigenvalue weighted by atomic mass is 35.5. The Morgan fingerprint density at radius 3 is 2.39 bits per heavy atom. The molecule has 4 rings (SSSR count). The number of carboxylic acids is 1. The van der Waals surface area contributed by atoms with Crippen molar-refractivity contribution in [2.24, 2.45) is 0 Å². The third kappa shape index (κ3) is 5.07. The number of carbonyl (C=O) groups is 2. The Bertz CT molecular complexity index is 1280. The SMILES string of the molecule is CCC(Sc1nnc(-c2ccco2)c(-c2ccco2)n1)C(=O)Nc1ccc(Cl)c(C(=O)O)c1. The first-order valence-electron chi connectivity index (χ1n) is 9.79. The normalized spacial score (nSPS) is 11.8. The van der Waals surface area contributed by atoms with Crippen molar-refractivity contribution in [3.8, 4) is 22.9 Å². The number of nitrogens with one attached hydrogen (secondary N) is 1. The maximum Gasteiger partial charge on any atom is 0.337 e. The number of carbonyl (C=O) groups excluding carboxylic acids is 1. The third-order valence-corrected chi connectivity index (χ3v) is 6.10. The number of furan rings is 2. The first-order valence-corrected chi connectivity index (χ1v) is 11.0. The van der Waals surface area contributed by atoms with E-state index in [0.29, 0.717) is 35.0 Å². The smallest absolute Gasteiger partial charge is 0.337 e. The van der Waals surface area contributed by atoms with Crippen molar-refractivity contribution in [1.82, 2.24) is 15.2 Å². The van der Waals surface area contributed by atoms with Crippen LogP contribution >= 0.6 is 23.4 Å². The molecule has 1 amide bonds. The van der Waals surface area contributed by atoms with E-state index in [1.165, 1.54) is 30.7 Å². The molecule has 4 aromatic rings. The van der Waals surface area contributed by atoms with Gasteiger partial charge < -0.3 is 19.3 Å². The van der Waals surface area contributed by atoms with Crippen molar-refractivity contribution in [3.05, 3.63) is 65.6 Å². The van der Waals surface area contributed by atoms with Crippen LogP contribution < -0.4 is 5.32 Å². The molecule has 168 valence electrons. The fourth-order valence-corrected chi connectivity index (χ4v) is 3.98. The lowest BCUT2D eigenvalue weighted by atomic mass is 10.2. The van der Waals surface area contributed by atoms with Crippen molar-refractivity contribution in [1.29, 1.82) is 0 Å². The van der Waals surface area contributed by atoms with Crippen molar-refractivity contribution in [2.75, 3.05) is 5.32 Å². The van der Waals surface area contributed by atoms with E-state index >= 15 is 0 Å². The molecular formula is C22H17ClN4O5S. The van der Waals surface area contributed by atoms with Gasteiger partial charge in [-0.25, -0.2) is 9.78 Å². The molecular weight excluding hydrogens is 468 g/mol. The first-order chi connectivity index (χ1) is 16.0. The molecule has 3 heterocycles. The van der Waals surface area contributed by atoms with E-state index in [4.69, 9.17) is 20.4 Å². The number of hydrogen-bond donors (Lipinski definition) is 2. The van der Waals surface area contributed by atoms with E-state index in [1.807, 2.05) is 6.92 Å². The van der Waals surface area contributed by atoms with Crippen LogP contribution in [0.15, 0.2) is 69.0 Å². The number of amides is 1. The van der Waals surface area contributed by atoms with Gasteiger partial charge in [0.25, 0.3) is 0 Å². The highest BCUT2D eigenvalue weighted by Crippen LogP contribution is 2.32. The third-order valence-electron chi connectivity index (χ3n) is 4.55. The molecule has 0 bridgehead atoms. The van der Waals surface area contributed by atoms with Crippen LogP contribution in [0.4, 0.5) is 5.69 Å². The minimum atomic E-state index is -1.18. The second kappa shape index (κ2) is 9.88. The summed E-state index contributed by atoms with van der Waals surface area (Å²) in [5.41, 5.74) is 1.08. The zero-order valence-electron chi connectivity index (χ0n) is 17.2. The van der Waals surface area contributed by atoms with Gasteiger partial charge in [-0.2, -0.15) is 0 Å². The Morgan fingerprint density at radius 1 is 1.09 bits per heavy atom. The molecule has 0 aliphatic rings. The molecule has 1 atom stereocenters. The molecule has 0 saturated carbocycles. The van der Waals surface area contributed by atoms with E-state index in [1.54, 1.807) is 24.3 Å². The lowest BCUT2D eigenvalue weighted by Gasteiger charge is -2.14. The van der Waals surface area contributed by atoms with Gasteiger partial charge in [-0.05, 0) is 48.9 Å². The first kappa shape index (κ1) is 22.6. The molecule has 33 heavy (non-hydrogen) atoms. The summed E-state index contributed by atoms with van der Waals surface area (Å²) in [5, 5.41) is 20.2. The molecule has 0 aliphatic carbocycles. The lowest BCUT2D eigenvalue weighted by molar-refractivity contribution is -0.115. The predicted molar refractivity (Wildman–Crippen MR) is 122 cm³/mol. The molecule has 11 heteroatoms. The summed E-state index contributed by atoms with van der Waals surface area (Å²) < 4.78 is 10.9. The number of rotatable bonds is 8. The lowest BCUT2D eigenvalue weighted by Crippen LogP contribution is -2.25. The molecule has 2 N–H and O–H groups in total. The van der Waals surface area contributed by atoms with Gasteiger partial charge in [-0.15, -0.1) is 10.2 Å². The summed E-state index contributed by atoms with van der Waals surface area (Å²) >= 11 is 7.03. The van der Waals surface area contributed by atoms with Crippen molar-refractivity contribution in [3.63, 3.8) is 0 Å².